The lowest BCUT2D eigenvalue weighted by atomic mass is 9.81. The predicted molar refractivity (Wildman–Crippen MR) is 56.5 cm³/mol. The molecule has 1 aliphatic carbocycles. The lowest BCUT2D eigenvalue weighted by molar-refractivity contribution is -0.140. The Balaban J connectivity index is 2.50. The van der Waals surface area contributed by atoms with Crippen molar-refractivity contribution in [3.05, 3.63) is 0 Å². The topological polar surface area (TPSA) is 66.4 Å². The van der Waals surface area contributed by atoms with Gasteiger partial charge in [-0.2, -0.15) is 0 Å². The largest absolute Gasteiger partial charge is 0.480 e. The van der Waals surface area contributed by atoms with Crippen LogP contribution in [0.15, 0.2) is 0 Å². The second-order valence-electron chi connectivity index (χ2n) is 4.55. The first kappa shape index (κ1) is 12.0. The monoisotopic (exact) mass is 213 g/mol. The molecule has 0 aromatic carbocycles. The van der Waals surface area contributed by atoms with Gasteiger partial charge in [-0.3, -0.25) is 9.59 Å². The summed E-state index contributed by atoms with van der Waals surface area (Å²) in [6, 6.07) is 0. The first-order valence-electron chi connectivity index (χ1n) is 5.55. The van der Waals surface area contributed by atoms with E-state index in [0.717, 1.165) is 25.7 Å². The molecule has 0 aromatic rings. The maximum absolute atomic E-state index is 11.8. The SMILES string of the molecule is CC1(C(=O)NCC(=O)O)CCCCCC1. The molecule has 0 spiro atoms. The highest BCUT2D eigenvalue weighted by Gasteiger charge is 2.33. The minimum Gasteiger partial charge on any atom is -0.480 e. The van der Waals surface area contributed by atoms with Crippen LogP contribution in [0, 0.1) is 5.41 Å². The fraction of sp³-hybridized carbons (Fsp3) is 0.818. The van der Waals surface area contributed by atoms with Gasteiger partial charge < -0.3 is 10.4 Å². The Labute approximate surface area is 90.0 Å². The first-order chi connectivity index (χ1) is 7.04. The number of nitrogens with one attached hydrogen (secondary N) is 1. The molecule has 0 aliphatic heterocycles. The van der Waals surface area contributed by atoms with E-state index in [0.29, 0.717) is 0 Å². The summed E-state index contributed by atoms with van der Waals surface area (Å²) in [4.78, 5) is 22.1. The molecule has 4 heteroatoms. The first-order valence-corrected chi connectivity index (χ1v) is 5.55. The number of hydrogen-bond donors (Lipinski definition) is 2. The third-order valence-corrected chi connectivity index (χ3v) is 3.16. The van der Waals surface area contributed by atoms with Gasteiger partial charge >= 0.3 is 5.97 Å². The van der Waals surface area contributed by atoms with E-state index in [4.69, 9.17) is 5.11 Å². The zero-order chi connectivity index (χ0) is 11.3. The Morgan fingerprint density at radius 3 is 2.20 bits per heavy atom. The van der Waals surface area contributed by atoms with E-state index in [1.165, 1.54) is 12.8 Å². The summed E-state index contributed by atoms with van der Waals surface area (Å²) >= 11 is 0. The number of aliphatic carboxylic acids is 1. The van der Waals surface area contributed by atoms with Crippen LogP contribution in [0.1, 0.15) is 45.4 Å². The summed E-state index contributed by atoms with van der Waals surface area (Å²) in [6.45, 7) is 1.67. The lowest BCUT2D eigenvalue weighted by Gasteiger charge is -2.26. The molecule has 15 heavy (non-hydrogen) atoms. The second kappa shape index (κ2) is 5.14. The van der Waals surface area contributed by atoms with Gasteiger partial charge in [0, 0.05) is 5.41 Å². The minimum absolute atomic E-state index is 0.105. The third kappa shape index (κ3) is 3.53. The molecule has 1 amide bonds. The maximum atomic E-state index is 11.8. The average Bonchev–Trinajstić information content (AvgIpc) is 2.40. The molecule has 1 rings (SSSR count). The van der Waals surface area contributed by atoms with Crippen LogP contribution < -0.4 is 5.32 Å². The van der Waals surface area contributed by atoms with Gasteiger partial charge in [-0.15, -0.1) is 0 Å². The molecule has 86 valence electrons. The van der Waals surface area contributed by atoms with Gasteiger partial charge in [-0.25, -0.2) is 0 Å². The van der Waals surface area contributed by atoms with Crippen molar-refractivity contribution in [3.8, 4) is 0 Å². The summed E-state index contributed by atoms with van der Waals surface area (Å²) < 4.78 is 0. The zero-order valence-corrected chi connectivity index (χ0v) is 9.21. The molecule has 0 bridgehead atoms. The highest BCUT2D eigenvalue weighted by molar-refractivity contribution is 5.85. The van der Waals surface area contributed by atoms with E-state index in [1.807, 2.05) is 6.92 Å². The van der Waals surface area contributed by atoms with Crippen LogP contribution in [0.5, 0.6) is 0 Å². The highest BCUT2D eigenvalue weighted by Crippen LogP contribution is 2.34. The molecule has 4 nitrogen and oxygen atoms in total. The fourth-order valence-electron chi connectivity index (χ4n) is 2.11. The van der Waals surface area contributed by atoms with Gasteiger partial charge in [-0.1, -0.05) is 32.6 Å². The van der Waals surface area contributed by atoms with Crippen LogP contribution >= 0.6 is 0 Å². The molecule has 2 N–H and O–H groups in total. The van der Waals surface area contributed by atoms with Crippen molar-refractivity contribution < 1.29 is 14.7 Å². The summed E-state index contributed by atoms with van der Waals surface area (Å²) in [6.07, 6.45) is 6.24. The van der Waals surface area contributed by atoms with E-state index in [9.17, 15) is 9.59 Å². The van der Waals surface area contributed by atoms with E-state index in [2.05, 4.69) is 5.32 Å². The number of carbonyl (C=O) groups excluding carboxylic acids is 1. The molecular formula is C11H19NO3. The fourth-order valence-corrected chi connectivity index (χ4v) is 2.11. The van der Waals surface area contributed by atoms with Crippen LogP contribution in [0.3, 0.4) is 0 Å². The smallest absolute Gasteiger partial charge is 0.322 e. The summed E-state index contributed by atoms with van der Waals surface area (Å²) in [5.74, 6) is -1.09. The third-order valence-electron chi connectivity index (χ3n) is 3.16. The molecule has 1 aliphatic rings. The van der Waals surface area contributed by atoms with Gasteiger partial charge in [0.05, 0.1) is 0 Å². The van der Waals surface area contributed by atoms with Crippen molar-refractivity contribution in [3.63, 3.8) is 0 Å². The number of carboxylic acids is 1. The summed E-state index contributed by atoms with van der Waals surface area (Å²) in [5.41, 5.74) is -0.355. The van der Waals surface area contributed by atoms with Crippen LogP contribution in [-0.4, -0.2) is 23.5 Å². The van der Waals surface area contributed by atoms with Gasteiger partial charge in [0.1, 0.15) is 6.54 Å². The van der Waals surface area contributed by atoms with Crippen LogP contribution in [0.2, 0.25) is 0 Å². The Morgan fingerprint density at radius 1 is 1.20 bits per heavy atom. The Kier molecular flexibility index (Phi) is 4.12. The number of carbonyl (C=O) groups is 2. The van der Waals surface area contributed by atoms with E-state index < -0.39 is 5.97 Å². The average molecular weight is 213 g/mol. The molecule has 0 atom stereocenters. The lowest BCUT2D eigenvalue weighted by Crippen LogP contribution is -2.41. The van der Waals surface area contributed by atoms with Gasteiger partial charge in [-0.05, 0) is 12.8 Å². The van der Waals surface area contributed by atoms with Crippen molar-refractivity contribution in [2.45, 2.75) is 45.4 Å². The highest BCUT2D eigenvalue weighted by atomic mass is 16.4. The normalized spacial score (nSPS) is 20.3. The van der Waals surface area contributed by atoms with E-state index in [-0.39, 0.29) is 17.9 Å². The van der Waals surface area contributed by atoms with Crippen molar-refractivity contribution >= 4 is 11.9 Å². The Morgan fingerprint density at radius 2 is 1.73 bits per heavy atom. The van der Waals surface area contributed by atoms with Crippen molar-refractivity contribution in [2.75, 3.05) is 6.54 Å². The molecule has 0 saturated heterocycles. The molecule has 1 saturated carbocycles. The predicted octanol–water partition coefficient (Wildman–Crippen LogP) is 1.55. The number of carboxylic acid groups (broad SMARTS) is 1. The summed E-state index contributed by atoms with van der Waals surface area (Å²) in [5, 5.41) is 11.0. The Bertz CT molecular complexity index is 242. The van der Waals surface area contributed by atoms with E-state index >= 15 is 0 Å². The standard InChI is InChI=1S/C11H19NO3/c1-11(6-4-2-3-5-7-11)10(15)12-8-9(13)14/h2-8H2,1H3,(H,12,15)(H,13,14). The van der Waals surface area contributed by atoms with Gasteiger partial charge in [0.25, 0.3) is 0 Å². The zero-order valence-electron chi connectivity index (χ0n) is 9.21. The molecule has 1 fully saturated rings. The van der Waals surface area contributed by atoms with Crippen LogP contribution in [0.4, 0.5) is 0 Å². The van der Waals surface area contributed by atoms with Gasteiger partial charge in [0.15, 0.2) is 0 Å². The molecular weight excluding hydrogens is 194 g/mol. The second-order valence-corrected chi connectivity index (χ2v) is 4.55. The molecule has 0 aromatic heterocycles. The van der Waals surface area contributed by atoms with Crippen molar-refractivity contribution in [2.24, 2.45) is 5.41 Å². The van der Waals surface area contributed by atoms with Crippen molar-refractivity contribution in [1.82, 2.24) is 5.32 Å². The molecule has 0 radical (unpaired) electrons. The Hall–Kier alpha value is -1.06. The van der Waals surface area contributed by atoms with Crippen LogP contribution in [0.25, 0.3) is 0 Å². The van der Waals surface area contributed by atoms with Gasteiger partial charge in [0.2, 0.25) is 5.91 Å². The van der Waals surface area contributed by atoms with Crippen LogP contribution in [-0.2, 0) is 9.59 Å². The van der Waals surface area contributed by atoms with Crippen molar-refractivity contribution in [1.29, 1.82) is 0 Å². The summed E-state index contributed by atoms with van der Waals surface area (Å²) in [7, 11) is 0. The maximum Gasteiger partial charge on any atom is 0.322 e. The quantitative estimate of drug-likeness (QED) is 0.699. The number of amides is 1. The minimum atomic E-state index is -0.986. The van der Waals surface area contributed by atoms with E-state index in [1.54, 1.807) is 0 Å². The molecule has 0 unspecified atom stereocenters. The number of hydrogen-bond acceptors (Lipinski definition) is 2. The molecule has 0 heterocycles. The number of rotatable bonds is 3.